The highest BCUT2D eigenvalue weighted by Crippen LogP contribution is 2.34. The van der Waals surface area contributed by atoms with Gasteiger partial charge in [0.05, 0.1) is 0 Å². The largest absolute Gasteiger partial charge is 0.375 e. The molecule has 2 rings (SSSR count). The van der Waals surface area contributed by atoms with Gasteiger partial charge in [-0.15, -0.1) is 11.3 Å². The molecule has 1 amide bonds. The lowest BCUT2D eigenvalue weighted by molar-refractivity contribution is 0.0944. The molecule has 0 spiro atoms. The first-order valence-electron chi connectivity index (χ1n) is 5.22. The number of thiazole rings is 1. The third-order valence-electron chi connectivity index (χ3n) is 2.65. The van der Waals surface area contributed by atoms with Crippen LogP contribution in [0.15, 0.2) is 5.38 Å². The molecule has 1 fully saturated rings. The van der Waals surface area contributed by atoms with Gasteiger partial charge in [-0.05, 0) is 18.8 Å². The summed E-state index contributed by atoms with van der Waals surface area (Å²) in [6.45, 7) is 2.17. The molecule has 3 N–H and O–H groups in total. The van der Waals surface area contributed by atoms with E-state index in [1.165, 1.54) is 24.2 Å². The molecule has 0 aromatic carbocycles. The van der Waals surface area contributed by atoms with Crippen LogP contribution in [0.3, 0.4) is 0 Å². The van der Waals surface area contributed by atoms with Crippen molar-refractivity contribution in [3.63, 3.8) is 0 Å². The van der Waals surface area contributed by atoms with Crippen molar-refractivity contribution in [2.24, 2.45) is 5.92 Å². The first-order valence-corrected chi connectivity index (χ1v) is 6.10. The second-order valence-electron chi connectivity index (χ2n) is 3.94. The average molecular weight is 225 g/mol. The highest BCUT2D eigenvalue weighted by atomic mass is 32.1. The molecule has 1 aromatic rings. The quantitative estimate of drug-likeness (QED) is 0.818. The normalized spacial score (nSPS) is 23.8. The van der Waals surface area contributed by atoms with E-state index in [-0.39, 0.29) is 5.91 Å². The van der Waals surface area contributed by atoms with E-state index in [1.807, 2.05) is 0 Å². The SMILES string of the molecule is CCCC1CC1NC(=O)c1csc(N)n1. The summed E-state index contributed by atoms with van der Waals surface area (Å²) >= 11 is 1.30. The van der Waals surface area contributed by atoms with Crippen LogP contribution >= 0.6 is 11.3 Å². The minimum atomic E-state index is -0.0912. The maximum absolute atomic E-state index is 11.6. The molecule has 1 aromatic heterocycles. The number of aromatic nitrogens is 1. The molecule has 0 saturated heterocycles. The van der Waals surface area contributed by atoms with E-state index in [0.717, 1.165) is 6.42 Å². The Morgan fingerprint density at radius 3 is 3.20 bits per heavy atom. The molecule has 0 radical (unpaired) electrons. The number of carbonyl (C=O) groups is 1. The van der Waals surface area contributed by atoms with Crippen LogP contribution in [0.1, 0.15) is 36.7 Å². The summed E-state index contributed by atoms with van der Waals surface area (Å²) in [7, 11) is 0. The maximum atomic E-state index is 11.6. The smallest absolute Gasteiger partial charge is 0.271 e. The highest BCUT2D eigenvalue weighted by Gasteiger charge is 2.37. The van der Waals surface area contributed by atoms with Crippen molar-refractivity contribution in [1.29, 1.82) is 0 Å². The minimum Gasteiger partial charge on any atom is -0.375 e. The summed E-state index contributed by atoms with van der Waals surface area (Å²) in [5, 5.41) is 5.11. The number of anilines is 1. The van der Waals surface area contributed by atoms with Crippen LogP contribution in [0.5, 0.6) is 0 Å². The summed E-state index contributed by atoms with van der Waals surface area (Å²) < 4.78 is 0. The molecule has 0 aliphatic heterocycles. The van der Waals surface area contributed by atoms with Crippen molar-refractivity contribution in [1.82, 2.24) is 10.3 Å². The van der Waals surface area contributed by atoms with Crippen molar-refractivity contribution < 1.29 is 4.79 Å². The van der Waals surface area contributed by atoms with Crippen LogP contribution in [0, 0.1) is 5.92 Å². The average Bonchev–Trinajstić information content (AvgIpc) is 2.76. The lowest BCUT2D eigenvalue weighted by Crippen LogP contribution is -2.27. The molecular formula is C10H15N3OS. The Morgan fingerprint density at radius 2 is 2.60 bits per heavy atom. The fourth-order valence-electron chi connectivity index (χ4n) is 1.75. The van der Waals surface area contributed by atoms with Crippen molar-refractivity contribution in [2.75, 3.05) is 5.73 Å². The monoisotopic (exact) mass is 225 g/mol. The number of hydrogen-bond donors (Lipinski definition) is 2. The van der Waals surface area contributed by atoms with Gasteiger partial charge in [-0.25, -0.2) is 4.98 Å². The molecule has 1 heterocycles. The van der Waals surface area contributed by atoms with Crippen molar-refractivity contribution in [3.05, 3.63) is 11.1 Å². The molecule has 2 atom stereocenters. The number of amides is 1. The number of hydrogen-bond acceptors (Lipinski definition) is 4. The fourth-order valence-corrected chi connectivity index (χ4v) is 2.29. The standard InChI is InChI=1S/C10H15N3OS/c1-2-3-6-4-7(6)12-9(14)8-5-15-10(11)13-8/h5-7H,2-4H2,1H3,(H2,11,13)(H,12,14). The Hall–Kier alpha value is -1.10. The van der Waals surface area contributed by atoms with Gasteiger partial charge >= 0.3 is 0 Å². The summed E-state index contributed by atoms with van der Waals surface area (Å²) in [6, 6.07) is 0.361. The predicted octanol–water partition coefficient (Wildman–Crippen LogP) is 1.64. The topological polar surface area (TPSA) is 68.0 Å². The molecule has 1 aliphatic carbocycles. The Balaban J connectivity index is 1.84. The number of nitrogens with zero attached hydrogens (tertiary/aromatic N) is 1. The van der Waals surface area contributed by atoms with Gasteiger partial charge in [0.25, 0.3) is 5.91 Å². The number of carbonyl (C=O) groups excluding carboxylic acids is 1. The highest BCUT2D eigenvalue weighted by molar-refractivity contribution is 7.13. The first kappa shape index (κ1) is 10.4. The second kappa shape index (κ2) is 4.18. The van der Waals surface area contributed by atoms with Crippen molar-refractivity contribution in [3.8, 4) is 0 Å². The number of nitrogen functional groups attached to an aromatic ring is 1. The van der Waals surface area contributed by atoms with E-state index in [9.17, 15) is 4.79 Å². The van der Waals surface area contributed by atoms with E-state index in [2.05, 4.69) is 17.2 Å². The number of nitrogens with one attached hydrogen (secondary N) is 1. The Labute approximate surface area is 92.9 Å². The molecule has 2 unspecified atom stereocenters. The lowest BCUT2D eigenvalue weighted by Gasteiger charge is -2.01. The molecular weight excluding hydrogens is 210 g/mol. The maximum Gasteiger partial charge on any atom is 0.271 e. The van der Waals surface area contributed by atoms with Gasteiger partial charge in [0.1, 0.15) is 5.69 Å². The van der Waals surface area contributed by atoms with E-state index in [4.69, 9.17) is 5.73 Å². The van der Waals surface area contributed by atoms with Gasteiger partial charge < -0.3 is 11.1 Å². The van der Waals surface area contributed by atoms with Crippen LogP contribution < -0.4 is 11.1 Å². The first-order chi connectivity index (χ1) is 7.20. The number of nitrogens with two attached hydrogens (primary N) is 1. The molecule has 82 valence electrons. The molecule has 4 nitrogen and oxygen atoms in total. The number of rotatable bonds is 4. The van der Waals surface area contributed by atoms with Crippen LogP contribution in [0.25, 0.3) is 0 Å². The van der Waals surface area contributed by atoms with E-state index >= 15 is 0 Å². The summed E-state index contributed by atoms with van der Waals surface area (Å²) in [5.74, 6) is 0.585. The molecule has 5 heteroatoms. The van der Waals surface area contributed by atoms with Gasteiger partial charge in [0.2, 0.25) is 0 Å². The third-order valence-corrected chi connectivity index (χ3v) is 3.33. The lowest BCUT2D eigenvalue weighted by atomic mass is 10.2. The van der Waals surface area contributed by atoms with Gasteiger partial charge in [-0.1, -0.05) is 13.3 Å². The van der Waals surface area contributed by atoms with Crippen LogP contribution in [0.4, 0.5) is 5.13 Å². The van der Waals surface area contributed by atoms with Crippen molar-refractivity contribution in [2.45, 2.75) is 32.2 Å². The van der Waals surface area contributed by atoms with E-state index < -0.39 is 0 Å². The molecule has 1 saturated carbocycles. The third kappa shape index (κ3) is 2.47. The van der Waals surface area contributed by atoms with Gasteiger partial charge in [0.15, 0.2) is 5.13 Å². The predicted molar refractivity (Wildman–Crippen MR) is 60.8 cm³/mol. The van der Waals surface area contributed by atoms with Crippen molar-refractivity contribution >= 4 is 22.4 Å². The zero-order valence-electron chi connectivity index (χ0n) is 8.69. The van der Waals surface area contributed by atoms with Gasteiger partial charge in [-0.3, -0.25) is 4.79 Å². The van der Waals surface area contributed by atoms with Gasteiger partial charge in [-0.2, -0.15) is 0 Å². The molecule has 15 heavy (non-hydrogen) atoms. The summed E-state index contributed by atoms with van der Waals surface area (Å²) in [6.07, 6.45) is 3.49. The Bertz CT molecular complexity index is 363. The molecule has 1 aliphatic rings. The summed E-state index contributed by atoms with van der Waals surface area (Å²) in [4.78, 5) is 15.6. The van der Waals surface area contributed by atoms with Gasteiger partial charge in [0, 0.05) is 11.4 Å². The zero-order chi connectivity index (χ0) is 10.8. The fraction of sp³-hybridized carbons (Fsp3) is 0.600. The minimum absolute atomic E-state index is 0.0912. The summed E-state index contributed by atoms with van der Waals surface area (Å²) in [5.41, 5.74) is 5.91. The Kier molecular flexibility index (Phi) is 2.90. The zero-order valence-corrected chi connectivity index (χ0v) is 9.51. The second-order valence-corrected chi connectivity index (χ2v) is 4.83. The Morgan fingerprint density at radius 1 is 1.80 bits per heavy atom. The van der Waals surface area contributed by atoms with Crippen LogP contribution in [0.2, 0.25) is 0 Å². The van der Waals surface area contributed by atoms with Crippen LogP contribution in [-0.2, 0) is 0 Å². The van der Waals surface area contributed by atoms with Crippen LogP contribution in [-0.4, -0.2) is 16.9 Å². The van der Waals surface area contributed by atoms with E-state index in [0.29, 0.717) is 22.8 Å². The molecule has 0 bridgehead atoms. The van der Waals surface area contributed by atoms with E-state index in [1.54, 1.807) is 5.38 Å².